The zero-order valence-corrected chi connectivity index (χ0v) is 32.0. The van der Waals surface area contributed by atoms with Crippen LogP contribution in [0.15, 0.2) is 204 Å². The molecule has 9 aromatic rings. The normalized spacial score (nSPS) is 12.9. The maximum atomic E-state index is 10.7. The molecule has 2 aliphatic rings. The standard InChI is InChI=1S/C53H32N4S/c54-33-40-20-12-24-44-48(40)49-41(21-13-25-45(49)53(44)42-22-7-9-26-46(42)58-47-27-10-8-23-43(47)53)38-18-11-19-39(32-38)52-56-50(36-16-5-2-6-17-36)55-51(57-52)37-30-28-35(29-31-37)34-14-3-1-4-15-34/h1-32H. The highest BCUT2D eigenvalue weighted by Gasteiger charge is 2.51. The molecule has 270 valence electrons. The molecule has 1 aromatic heterocycles. The third-order valence-corrected chi connectivity index (χ3v) is 12.6. The fraction of sp³-hybridized carbons (Fsp3) is 0.0189. The van der Waals surface area contributed by atoms with Crippen molar-refractivity contribution in [3.8, 4) is 73.6 Å². The first-order chi connectivity index (χ1) is 28.7. The van der Waals surface area contributed by atoms with Gasteiger partial charge in [0, 0.05) is 32.0 Å². The Labute approximate surface area is 341 Å². The van der Waals surface area contributed by atoms with E-state index >= 15 is 0 Å². The van der Waals surface area contributed by atoms with E-state index in [1.54, 1.807) is 0 Å². The fourth-order valence-corrected chi connectivity index (χ4v) is 10.1. The van der Waals surface area contributed by atoms with Crippen molar-refractivity contribution in [3.05, 3.63) is 222 Å². The third kappa shape index (κ3) is 5.27. The topological polar surface area (TPSA) is 62.5 Å². The number of fused-ring (bicyclic) bond motifs is 9. The summed E-state index contributed by atoms with van der Waals surface area (Å²) in [6.45, 7) is 0. The van der Waals surface area contributed by atoms with Crippen molar-refractivity contribution < 1.29 is 0 Å². The van der Waals surface area contributed by atoms with Gasteiger partial charge in [0.2, 0.25) is 0 Å². The number of hydrogen-bond donors (Lipinski definition) is 0. The molecule has 0 saturated carbocycles. The predicted molar refractivity (Wildman–Crippen MR) is 233 cm³/mol. The number of nitriles is 1. The van der Waals surface area contributed by atoms with Crippen LogP contribution in [0.2, 0.25) is 0 Å². The Hall–Kier alpha value is -7.39. The van der Waals surface area contributed by atoms with Crippen molar-refractivity contribution in [2.75, 3.05) is 0 Å². The lowest BCUT2D eigenvalue weighted by atomic mass is 9.67. The van der Waals surface area contributed by atoms with Crippen LogP contribution in [0.25, 0.3) is 67.5 Å². The van der Waals surface area contributed by atoms with Gasteiger partial charge in [-0.25, -0.2) is 15.0 Å². The quantitative estimate of drug-likeness (QED) is 0.175. The summed E-state index contributed by atoms with van der Waals surface area (Å²) in [4.78, 5) is 17.7. The van der Waals surface area contributed by atoms with Gasteiger partial charge in [-0.1, -0.05) is 182 Å². The number of nitrogens with zero attached hydrogens (tertiary/aromatic N) is 4. The summed E-state index contributed by atoms with van der Waals surface area (Å²) < 4.78 is 0. The molecule has 1 aliphatic heterocycles. The van der Waals surface area contributed by atoms with Gasteiger partial charge in [0.1, 0.15) is 0 Å². The monoisotopic (exact) mass is 756 g/mol. The molecule has 5 heteroatoms. The van der Waals surface area contributed by atoms with Crippen LogP contribution >= 0.6 is 11.8 Å². The molecule has 0 atom stereocenters. The van der Waals surface area contributed by atoms with Crippen LogP contribution in [0.4, 0.5) is 0 Å². The summed E-state index contributed by atoms with van der Waals surface area (Å²) in [6.07, 6.45) is 0. The van der Waals surface area contributed by atoms with E-state index in [9.17, 15) is 5.26 Å². The van der Waals surface area contributed by atoms with E-state index in [0.717, 1.165) is 55.6 Å². The van der Waals surface area contributed by atoms with Gasteiger partial charge < -0.3 is 0 Å². The molecule has 0 unspecified atom stereocenters. The van der Waals surface area contributed by atoms with Gasteiger partial charge in [-0.3, -0.25) is 0 Å². The van der Waals surface area contributed by atoms with Gasteiger partial charge >= 0.3 is 0 Å². The van der Waals surface area contributed by atoms with E-state index in [1.165, 1.54) is 26.5 Å². The smallest absolute Gasteiger partial charge is 0.164 e. The third-order valence-electron chi connectivity index (χ3n) is 11.5. The van der Waals surface area contributed by atoms with Crippen LogP contribution < -0.4 is 0 Å². The maximum Gasteiger partial charge on any atom is 0.164 e. The second kappa shape index (κ2) is 13.7. The minimum absolute atomic E-state index is 0.590. The lowest BCUT2D eigenvalue weighted by molar-refractivity contribution is 0.722. The van der Waals surface area contributed by atoms with Crippen LogP contribution in [0, 0.1) is 11.3 Å². The Morgan fingerprint density at radius 2 is 0.828 bits per heavy atom. The van der Waals surface area contributed by atoms with E-state index in [-0.39, 0.29) is 0 Å². The summed E-state index contributed by atoms with van der Waals surface area (Å²) in [7, 11) is 0. The molecule has 1 aliphatic carbocycles. The fourth-order valence-electron chi connectivity index (χ4n) is 8.94. The molecule has 2 heterocycles. The molecule has 11 rings (SSSR count). The van der Waals surface area contributed by atoms with Crippen molar-refractivity contribution in [1.82, 2.24) is 15.0 Å². The van der Waals surface area contributed by atoms with Crippen LogP contribution in [0.5, 0.6) is 0 Å². The maximum absolute atomic E-state index is 10.7. The largest absolute Gasteiger partial charge is 0.208 e. The van der Waals surface area contributed by atoms with Crippen LogP contribution in [-0.4, -0.2) is 15.0 Å². The summed E-state index contributed by atoms with van der Waals surface area (Å²) in [5, 5.41) is 10.7. The average molecular weight is 757 g/mol. The Morgan fingerprint density at radius 1 is 0.379 bits per heavy atom. The predicted octanol–water partition coefficient (Wildman–Crippen LogP) is 12.9. The van der Waals surface area contributed by atoms with Crippen LogP contribution in [0.3, 0.4) is 0 Å². The van der Waals surface area contributed by atoms with Crippen LogP contribution in [0.1, 0.15) is 27.8 Å². The van der Waals surface area contributed by atoms with Crippen molar-refractivity contribution in [2.24, 2.45) is 0 Å². The highest BCUT2D eigenvalue weighted by Crippen LogP contribution is 2.63. The van der Waals surface area contributed by atoms with Gasteiger partial charge in [0.15, 0.2) is 17.5 Å². The number of rotatable bonds is 5. The van der Waals surface area contributed by atoms with E-state index in [4.69, 9.17) is 15.0 Å². The van der Waals surface area contributed by atoms with Crippen molar-refractivity contribution >= 4 is 11.8 Å². The number of hydrogen-bond acceptors (Lipinski definition) is 5. The van der Waals surface area contributed by atoms with Crippen molar-refractivity contribution in [1.29, 1.82) is 5.26 Å². The van der Waals surface area contributed by atoms with Crippen LogP contribution in [-0.2, 0) is 5.41 Å². The molecule has 1 spiro atoms. The summed E-state index contributed by atoms with van der Waals surface area (Å²) in [6, 6.07) is 70.2. The molecule has 0 N–H and O–H groups in total. The zero-order chi connectivity index (χ0) is 38.6. The molecule has 58 heavy (non-hydrogen) atoms. The Morgan fingerprint density at radius 3 is 1.48 bits per heavy atom. The SMILES string of the molecule is N#Cc1cccc2c1-c1c(-c3cccc(-c4nc(-c5ccccc5)nc(-c5ccc(-c6ccccc6)cc5)n4)c3)cccc1C21c2ccccc2Sc2ccccc21. The molecule has 8 aromatic carbocycles. The lowest BCUT2D eigenvalue weighted by Crippen LogP contribution is -2.31. The van der Waals surface area contributed by atoms with Gasteiger partial charge in [0.25, 0.3) is 0 Å². The van der Waals surface area contributed by atoms with Gasteiger partial charge in [-0.05, 0) is 74.3 Å². The molecule has 0 saturated heterocycles. The Kier molecular flexibility index (Phi) is 7.99. The summed E-state index contributed by atoms with van der Waals surface area (Å²) in [5.41, 5.74) is 14.0. The van der Waals surface area contributed by atoms with Gasteiger partial charge in [-0.15, -0.1) is 0 Å². The minimum atomic E-state index is -0.590. The second-order valence-electron chi connectivity index (χ2n) is 14.6. The molecular weight excluding hydrogens is 725 g/mol. The number of benzene rings is 8. The molecular formula is C53H32N4S. The molecule has 0 fully saturated rings. The average Bonchev–Trinajstić information content (AvgIpc) is 3.60. The minimum Gasteiger partial charge on any atom is -0.208 e. The lowest BCUT2D eigenvalue weighted by Gasteiger charge is -2.39. The van der Waals surface area contributed by atoms with Gasteiger partial charge in [0.05, 0.1) is 17.0 Å². The van der Waals surface area contributed by atoms with E-state index in [2.05, 4.69) is 152 Å². The zero-order valence-electron chi connectivity index (χ0n) is 31.2. The Bertz CT molecular complexity index is 3050. The first-order valence-corrected chi connectivity index (χ1v) is 20.1. The highest BCUT2D eigenvalue weighted by molar-refractivity contribution is 7.99. The van der Waals surface area contributed by atoms with E-state index in [0.29, 0.717) is 23.0 Å². The summed E-state index contributed by atoms with van der Waals surface area (Å²) >= 11 is 1.82. The molecule has 4 nitrogen and oxygen atoms in total. The van der Waals surface area contributed by atoms with E-state index < -0.39 is 5.41 Å². The second-order valence-corrected chi connectivity index (χ2v) is 15.7. The number of aromatic nitrogens is 3. The van der Waals surface area contributed by atoms with Crippen molar-refractivity contribution in [2.45, 2.75) is 15.2 Å². The van der Waals surface area contributed by atoms with E-state index in [1.807, 2.05) is 60.3 Å². The first-order valence-electron chi connectivity index (χ1n) is 19.3. The summed E-state index contributed by atoms with van der Waals surface area (Å²) in [5.74, 6) is 1.81. The Balaban J connectivity index is 1.10. The van der Waals surface area contributed by atoms with Crippen molar-refractivity contribution in [3.63, 3.8) is 0 Å². The first kappa shape index (κ1) is 33.9. The molecule has 0 radical (unpaired) electrons. The molecule has 0 amide bonds. The van der Waals surface area contributed by atoms with Gasteiger partial charge in [-0.2, -0.15) is 5.26 Å². The molecule has 0 bridgehead atoms. The highest BCUT2D eigenvalue weighted by atomic mass is 32.2.